The van der Waals surface area contributed by atoms with Crippen molar-refractivity contribution in [3.8, 4) is 28.7 Å². The van der Waals surface area contributed by atoms with Crippen molar-refractivity contribution in [1.29, 1.82) is 0 Å². The summed E-state index contributed by atoms with van der Waals surface area (Å²) in [6, 6.07) is 3.17. The number of hydrogen-bond donors (Lipinski definition) is 6. The van der Waals surface area contributed by atoms with Crippen molar-refractivity contribution in [2.45, 2.75) is 99.3 Å². The molecule has 61 heavy (non-hydrogen) atoms. The average Bonchev–Trinajstić information content (AvgIpc) is 3.50. The van der Waals surface area contributed by atoms with Crippen LogP contribution in [-0.2, 0) is 9.53 Å². The number of ketones is 1. The molecule has 1 amide bonds. The van der Waals surface area contributed by atoms with Crippen LogP contribution < -0.4 is 20.4 Å². The Hall–Kier alpha value is -5.44. The lowest BCUT2D eigenvalue weighted by atomic mass is 9.72. The van der Waals surface area contributed by atoms with Gasteiger partial charge in [-0.3, -0.25) is 14.4 Å². The summed E-state index contributed by atoms with van der Waals surface area (Å²) in [5, 5.41) is 58.3. The molecule has 1 saturated heterocycles. The molecule has 14 heteroatoms. The monoisotopic (exact) mass is 839 g/mol. The minimum atomic E-state index is -1.94. The lowest BCUT2D eigenvalue weighted by molar-refractivity contribution is -0.112. The third kappa shape index (κ3) is 7.63. The molecular weight excluding hydrogens is 783 g/mol. The number of amides is 1. The molecule has 326 valence electrons. The van der Waals surface area contributed by atoms with Gasteiger partial charge >= 0.3 is 5.79 Å². The van der Waals surface area contributed by atoms with E-state index in [0.717, 1.165) is 0 Å². The second-order valence-electron chi connectivity index (χ2n) is 17.7. The first kappa shape index (κ1) is 43.6. The van der Waals surface area contributed by atoms with Crippen LogP contribution in [0.5, 0.6) is 17.2 Å². The van der Waals surface area contributed by atoms with Gasteiger partial charge in [0.1, 0.15) is 34.1 Å². The number of anilines is 2. The number of phenolic OH excluding ortho intramolecular Hbond substituents is 2. The first-order chi connectivity index (χ1) is 28.7. The zero-order valence-electron chi connectivity index (χ0n) is 36.1. The SMILES string of the molecule is C/C1=C/C=C/[C@H](C)[C@H](O)[C@@H](C)[C@@H](O)[C@@H](C)[C@H](C)[C@H](C)[C@@H](C)/C=C/O[C@@]2(C)Oc3c(C)c(O)c4c(=O)c(c5oc6cc(N7CCC(O)CC7)cc(O)c6nc-5c4c3C2=O)NC1=O. The number of aliphatic hydroxyl groups excluding tert-OH is 3. The number of nitrogens with zero attached hydrogens (tertiary/aromatic N) is 2. The Morgan fingerprint density at radius 2 is 1.54 bits per heavy atom. The van der Waals surface area contributed by atoms with Crippen LogP contribution >= 0.6 is 0 Å². The molecule has 0 radical (unpaired) electrons. The number of phenols is 2. The van der Waals surface area contributed by atoms with E-state index >= 15 is 0 Å². The normalized spacial score (nSPS) is 31.5. The molecule has 5 aliphatic heterocycles. The van der Waals surface area contributed by atoms with E-state index in [1.165, 1.54) is 32.3 Å². The summed E-state index contributed by atoms with van der Waals surface area (Å²) in [7, 11) is 0. The third-order valence-corrected chi connectivity index (χ3v) is 13.7. The number of carbonyl (C=O) groups excluding carboxylic acids is 2. The van der Waals surface area contributed by atoms with Gasteiger partial charge in [-0.25, -0.2) is 4.98 Å². The van der Waals surface area contributed by atoms with Gasteiger partial charge in [-0.15, -0.1) is 0 Å². The number of nitrogens with one attached hydrogen (secondary N) is 1. The van der Waals surface area contributed by atoms with Crippen molar-refractivity contribution in [1.82, 2.24) is 4.98 Å². The summed E-state index contributed by atoms with van der Waals surface area (Å²) in [5.41, 5.74) is -0.509. The summed E-state index contributed by atoms with van der Waals surface area (Å²) < 4.78 is 18.8. The maximum absolute atomic E-state index is 14.7. The smallest absolute Gasteiger partial charge is 0.312 e. The second kappa shape index (κ2) is 16.4. The number of piperidine rings is 1. The van der Waals surface area contributed by atoms with Gasteiger partial charge in [0.15, 0.2) is 11.3 Å². The summed E-state index contributed by atoms with van der Waals surface area (Å²) in [5.74, 6) is -5.44. The van der Waals surface area contributed by atoms with Gasteiger partial charge in [-0.05, 0) is 56.4 Å². The molecule has 2 aromatic carbocycles. The predicted octanol–water partition coefficient (Wildman–Crippen LogP) is 6.94. The number of hydrogen-bond acceptors (Lipinski definition) is 13. The molecule has 9 atom stereocenters. The van der Waals surface area contributed by atoms with Crippen molar-refractivity contribution in [2.24, 2.45) is 35.5 Å². The maximum Gasteiger partial charge on any atom is 0.312 e. The fraction of sp³-hybridized carbons (Fsp3) is 0.489. The van der Waals surface area contributed by atoms with Crippen LogP contribution in [-0.4, -0.2) is 79.4 Å². The molecule has 1 fully saturated rings. The number of allylic oxidation sites excluding steroid dienone is 3. The number of aliphatic hydroxyl groups is 3. The summed E-state index contributed by atoms with van der Waals surface area (Å²) in [4.78, 5) is 50.1. The number of rotatable bonds is 1. The predicted molar refractivity (Wildman–Crippen MR) is 232 cm³/mol. The summed E-state index contributed by atoms with van der Waals surface area (Å²) in [6.45, 7) is 17.2. The molecule has 0 unspecified atom stereocenters. The topological polar surface area (TPSA) is 212 Å². The molecule has 6 N–H and O–H groups in total. The van der Waals surface area contributed by atoms with Gasteiger partial charge in [0.2, 0.25) is 5.43 Å². The van der Waals surface area contributed by atoms with Gasteiger partial charge in [-0.2, -0.15) is 0 Å². The standard InChI is InChI=1S/C47H57N3O11/c1-21-15-18-59-47(9)45(57)35-33-34(41(55)28(8)43(35)61-47)42(56)38(44-37(33)48-36-31(52)19-29(20-32(36)60-44)50-16-13-30(51)14-17-50)49-46(58)23(3)12-10-11-22(2)39(53)27(7)40(54)26(6)25(5)24(21)4/h10-12,15,18-22,24-27,30,39-40,51-55H,13-14,16-17H2,1-9H3,(H,49,58)/b11-10+,18-15+,23-12-/t21-,22-,24+,25+,26-,27+,39-,40-,47-/m0/s1. The Kier molecular flexibility index (Phi) is 11.8. The van der Waals surface area contributed by atoms with E-state index in [-0.39, 0.29) is 90.9 Å². The van der Waals surface area contributed by atoms with Crippen LogP contribution in [0.3, 0.4) is 0 Å². The van der Waals surface area contributed by atoms with Crippen LogP contribution in [0.4, 0.5) is 11.4 Å². The van der Waals surface area contributed by atoms with E-state index in [4.69, 9.17) is 18.9 Å². The number of benzene rings is 3. The first-order valence-corrected chi connectivity index (χ1v) is 21.1. The van der Waals surface area contributed by atoms with Gasteiger partial charge < -0.3 is 49.6 Å². The number of aromatic hydroxyl groups is 2. The molecule has 5 bridgehead atoms. The molecule has 8 rings (SSSR count). The van der Waals surface area contributed by atoms with E-state index in [9.17, 15) is 39.9 Å². The first-order valence-electron chi connectivity index (χ1n) is 21.1. The van der Waals surface area contributed by atoms with E-state index in [2.05, 4.69) is 19.2 Å². The Morgan fingerprint density at radius 3 is 2.23 bits per heavy atom. The maximum atomic E-state index is 14.7. The fourth-order valence-electron chi connectivity index (χ4n) is 8.94. The lowest BCUT2D eigenvalue weighted by Crippen LogP contribution is -2.40. The molecule has 1 aliphatic carbocycles. The fourth-order valence-corrected chi connectivity index (χ4v) is 8.94. The molecule has 2 aromatic rings. The Bertz CT molecular complexity index is 2520. The number of fused-ring (bicyclic) bond motifs is 14. The van der Waals surface area contributed by atoms with Crippen molar-refractivity contribution in [3.05, 3.63) is 69.6 Å². The largest absolute Gasteiger partial charge is 0.507 e. The van der Waals surface area contributed by atoms with Crippen molar-refractivity contribution < 1.29 is 49.0 Å². The van der Waals surface area contributed by atoms with Crippen LogP contribution in [0.2, 0.25) is 0 Å². The van der Waals surface area contributed by atoms with Gasteiger partial charge in [-0.1, -0.05) is 59.8 Å². The third-order valence-electron chi connectivity index (χ3n) is 13.7. The quantitative estimate of drug-likeness (QED) is 0.0848. The van der Waals surface area contributed by atoms with Crippen LogP contribution in [0, 0.1) is 42.4 Å². The van der Waals surface area contributed by atoms with Gasteiger partial charge in [0.05, 0.1) is 35.5 Å². The molecule has 6 aliphatic rings. The van der Waals surface area contributed by atoms with Gasteiger partial charge in [0, 0.05) is 66.2 Å². The highest BCUT2D eigenvalue weighted by molar-refractivity contribution is 6.22. The summed E-state index contributed by atoms with van der Waals surface area (Å²) in [6.07, 6.45) is 6.99. The minimum absolute atomic E-state index is 0.00393. The summed E-state index contributed by atoms with van der Waals surface area (Å²) >= 11 is 0. The van der Waals surface area contributed by atoms with Crippen molar-refractivity contribution in [2.75, 3.05) is 23.3 Å². The second-order valence-corrected chi connectivity index (χ2v) is 17.7. The molecule has 0 spiro atoms. The molecule has 14 nitrogen and oxygen atoms in total. The van der Waals surface area contributed by atoms with Gasteiger partial charge in [0.25, 0.3) is 11.7 Å². The number of ether oxygens (including phenoxy) is 2. The van der Waals surface area contributed by atoms with E-state index in [1.807, 2.05) is 38.7 Å². The average molecular weight is 840 g/mol. The van der Waals surface area contributed by atoms with Crippen LogP contribution in [0.15, 0.2) is 57.5 Å². The number of aromatic nitrogens is 1. The highest BCUT2D eigenvalue weighted by Crippen LogP contribution is 2.51. The zero-order valence-corrected chi connectivity index (χ0v) is 36.1. The van der Waals surface area contributed by atoms with E-state index in [0.29, 0.717) is 31.6 Å². The Morgan fingerprint density at radius 1 is 0.852 bits per heavy atom. The Labute approximate surface area is 354 Å². The molecular formula is C47H57N3O11. The van der Waals surface area contributed by atoms with Crippen molar-refractivity contribution in [3.63, 3.8) is 0 Å². The van der Waals surface area contributed by atoms with E-state index < -0.39 is 58.8 Å². The van der Waals surface area contributed by atoms with Crippen LogP contribution in [0.25, 0.3) is 33.3 Å². The highest BCUT2D eigenvalue weighted by Gasteiger charge is 2.50. The highest BCUT2D eigenvalue weighted by atomic mass is 16.7. The molecule has 0 aromatic heterocycles. The lowest BCUT2D eigenvalue weighted by Gasteiger charge is -2.36. The molecule has 5 heterocycles. The molecule has 0 saturated carbocycles. The Balaban J connectivity index is 1.45. The zero-order chi connectivity index (χ0) is 44.4. The van der Waals surface area contributed by atoms with Crippen molar-refractivity contribution >= 4 is 44.9 Å². The number of carbonyl (C=O) groups is 2. The number of Topliss-reactive ketones (excluding diaryl/α,β-unsaturated/α-hetero) is 1. The van der Waals surface area contributed by atoms with E-state index in [1.54, 1.807) is 25.1 Å². The minimum Gasteiger partial charge on any atom is -0.507 e. The van der Waals surface area contributed by atoms with Crippen LogP contribution in [0.1, 0.15) is 84.2 Å².